The zero-order valence-electron chi connectivity index (χ0n) is 13.5. The maximum absolute atomic E-state index is 11.7. The summed E-state index contributed by atoms with van der Waals surface area (Å²) in [5.41, 5.74) is 2.21. The van der Waals surface area contributed by atoms with Crippen molar-refractivity contribution in [1.29, 1.82) is 0 Å². The Kier molecular flexibility index (Phi) is 5.66. The third-order valence-electron chi connectivity index (χ3n) is 4.66. The van der Waals surface area contributed by atoms with Crippen LogP contribution >= 0.6 is 0 Å². The molecular formula is C18H28N2O. The molecule has 1 aliphatic rings. The summed E-state index contributed by atoms with van der Waals surface area (Å²) in [5, 5.41) is 6.43. The summed E-state index contributed by atoms with van der Waals surface area (Å²) in [6, 6.07) is 8.73. The Morgan fingerprint density at radius 1 is 1.24 bits per heavy atom. The number of carbonyl (C=O) groups is 1. The Labute approximate surface area is 128 Å². The number of anilines is 1. The van der Waals surface area contributed by atoms with Crippen LogP contribution < -0.4 is 10.6 Å². The minimum atomic E-state index is 0.0632. The van der Waals surface area contributed by atoms with E-state index >= 15 is 0 Å². The van der Waals surface area contributed by atoms with E-state index in [2.05, 4.69) is 30.5 Å². The maximum atomic E-state index is 11.7. The molecule has 1 aliphatic carbocycles. The van der Waals surface area contributed by atoms with E-state index in [-0.39, 0.29) is 5.91 Å². The van der Waals surface area contributed by atoms with Gasteiger partial charge in [-0.2, -0.15) is 0 Å². The summed E-state index contributed by atoms with van der Waals surface area (Å²) in [4.78, 5) is 11.7. The molecule has 0 bridgehead atoms. The summed E-state index contributed by atoms with van der Waals surface area (Å²) in [6.45, 7) is 4.64. The van der Waals surface area contributed by atoms with E-state index in [4.69, 9.17) is 0 Å². The van der Waals surface area contributed by atoms with Crippen LogP contribution in [0.2, 0.25) is 0 Å². The van der Waals surface area contributed by atoms with Gasteiger partial charge < -0.3 is 10.6 Å². The van der Waals surface area contributed by atoms with Crippen molar-refractivity contribution in [3.8, 4) is 0 Å². The molecule has 1 aromatic carbocycles. The summed E-state index contributed by atoms with van der Waals surface area (Å²) in [7, 11) is 1.69. The largest absolute Gasteiger partial charge is 0.382 e. The van der Waals surface area contributed by atoms with Crippen LogP contribution in [0.3, 0.4) is 0 Å². The zero-order chi connectivity index (χ0) is 15.2. The number of carbonyl (C=O) groups excluding carboxylic acids is 1. The third kappa shape index (κ3) is 4.23. The molecular weight excluding hydrogens is 260 g/mol. The van der Waals surface area contributed by atoms with Crippen molar-refractivity contribution in [2.24, 2.45) is 11.8 Å². The van der Waals surface area contributed by atoms with Gasteiger partial charge in [0.05, 0.1) is 6.42 Å². The van der Waals surface area contributed by atoms with E-state index in [9.17, 15) is 4.79 Å². The van der Waals surface area contributed by atoms with Crippen molar-refractivity contribution in [1.82, 2.24) is 5.32 Å². The first-order valence-corrected chi connectivity index (χ1v) is 8.17. The maximum Gasteiger partial charge on any atom is 0.224 e. The molecule has 1 amide bonds. The van der Waals surface area contributed by atoms with Crippen molar-refractivity contribution in [3.05, 3.63) is 29.8 Å². The van der Waals surface area contributed by atoms with Crippen LogP contribution in [0, 0.1) is 11.8 Å². The molecule has 2 atom stereocenters. The molecule has 3 heteroatoms. The second kappa shape index (κ2) is 7.48. The second-order valence-corrected chi connectivity index (χ2v) is 6.45. The van der Waals surface area contributed by atoms with Crippen LogP contribution in [0.25, 0.3) is 0 Å². The van der Waals surface area contributed by atoms with E-state index in [0.29, 0.717) is 18.4 Å². The van der Waals surface area contributed by atoms with Crippen molar-refractivity contribution < 1.29 is 4.79 Å². The zero-order valence-corrected chi connectivity index (χ0v) is 13.5. The van der Waals surface area contributed by atoms with Gasteiger partial charge in [-0.05, 0) is 36.3 Å². The van der Waals surface area contributed by atoms with E-state index < -0.39 is 0 Å². The van der Waals surface area contributed by atoms with Crippen LogP contribution in [0.5, 0.6) is 0 Å². The minimum absolute atomic E-state index is 0.0632. The summed E-state index contributed by atoms with van der Waals surface area (Å²) < 4.78 is 0. The molecule has 2 rings (SSSR count). The molecule has 2 unspecified atom stereocenters. The van der Waals surface area contributed by atoms with Crippen LogP contribution in [0.1, 0.15) is 45.1 Å². The molecule has 0 aliphatic heterocycles. The van der Waals surface area contributed by atoms with Crippen molar-refractivity contribution in [3.63, 3.8) is 0 Å². The first kappa shape index (κ1) is 15.9. The molecule has 2 N–H and O–H groups in total. The van der Waals surface area contributed by atoms with E-state index in [1.807, 2.05) is 18.2 Å². The van der Waals surface area contributed by atoms with Gasteiger partial charge in [0.1, 0.15) is 0 Å². The Bertz CT molecular complexity index is 470. The van der Waals surface area contributed by atoms with E-state index in [0.717, 1.165) is 17.2 Å². The third-order valence-corrected chi connectivity index (χ3v) is 4.66. The number of hydrogen-bond acceptors (Lipinski definition) is 2. The average Bonchev–Trinajstić information content (AvgIpc) is 2.49. The standard InChI is InChI=1S/C18H28N2O/c1-13(2)15-9-5-7-11-17(15)20-16-10-6-4-8-14(16)12-18(21)19-3/h4,6,8,10,13,15,17,20H,5,7,9,11-12H2,1-3H3,(H,19,21). The number of rotatable bonds is 5. The topological polar surface area (TPSA) is 41.1 Å². The lowest BCUT2D eigenvalue weighted by atomic mass is 9.77. The first-order chi connectivity index (χ1) is 10.1. The fourth-order valence-electron chi connectivity index (χ4n) is 3.41. The number of nitrogens with one attached hydrogen (secondary N) is 2. The van der Waals surface area contributed by atoms with Crippen LogP contribution in [-0.2, 0) is 11.2 Å². The highest BCUT2D eigenvalue weighted by molar-refractivity contribution is 5.80. The molecule has 0 spiro atoms. The monoisotopic (exact) mass is 288 g/mol. The highest BCUT2D eigenvalue weighted by atomic mass is 16.1. The SMILES string of the molecule is CNC(=O)Cc1ccccc1NC1CCCCC1C(C)C. The number of hydrogen-bond donors (Lipinski definition) is 2. The lowest BCUT2D eigenvalue weighted by Crippen LogP contribution is -2.35. The van der Waals surface area contributed by atoms with Gasteiger partial charge in [0.15, 0.2) is 0 Å². The molecule has 0 aromatic heterocycles. The number of amides is 1. The van der Waals surface area contributed by atoms with Gasteiger partial charge in [-0.25, -0.2) is 0 Å². The summed E-state index contributed by atoms with van der Waals surface area (Å²) in [6.07, 6.45) is 5.64. The molecule has 1 fully saturated rings. The van der Waals surface area contributed by atoms with Gasteiger partial charge in [-0.3, -0.25) is 4.79 Å². The van der Waals surface area contributed by atoms with Gasteiger partial charge in [-0.1, -0.05) is 44.9 Å². The Hall–Kier alpha value is -1.51. The lowest BCUT2D eigenvalue weighted by Gasteiger charge is -2.36. The summed E-state index contributed by atoms with van der Waals surface area (Å²) in [5.74, 6) is 1.49. The van der Waals surface area contributed by atoms with Crippen LogP contribution in [0.15, 0.2) is 24.3 Å². The molecule has 0 radical (unpaired) electrons. The smallest absolute Gasteiger partial charge is 0.224 e. The molecule has 116 valence electrons. The number of likely N-dealkylation sites (N-methyl/N-ethyl adjacent to an activating group) is 1. The average molecular weight is 288 g/mol. The lowest BCUT2D eigenvalue weighted by molar-refractivity contribution is -0.119. The van der Waals surface area contributed by atoms with Gasteiger partial charge in [-0.15, -0.1) is 0 Å². The van der Waals surface area contributed by atoms with Crippen molar-refractivity contribution in [2.75, 3.05) is 12.4 Å². The predicted octanol–water partition coefficient (Wildman–Crippen LogP) is 3.60. The molecule has 1 saturated carbocycles. The van der Waals surface area contributed by atoms with E-state index in [1.54, 1.807) is 7.05 Å². The van der Waals surface area contributed by atoms with Gasteiger partial charge in [0.25, 0.3) is 0 Å². The molecule has 1 aromatic rings. The molecule has 21 heavy (non-hydrogen) atoms. The Morgan fingerprint density at radius 3 is 2.67 bits per heavy atom. The van der Waals surface area contributed by atoms with Crippen molar-refractivity contribution in [2.45, 2.75) is 52.0 Å². The van der Waals surface area contributed by atoms with Crippen LogP contribution in [0.4, 0.5) is 5.69 Å². The molecule has 0 saturated heterocycles. The highest BCUT2D eigenvalue weighted by Gasteiger charge is 2.27. The summed E-state index contributed by atoms with van der Waals surface area (Å²) >= 11 is 0. The normalized spacial score (nSPS) is 22.1. The fraction of sp³-hybridized carbons (Fsp3) is 0.611. The minimum Gasteiger partial charge on any atom is -0.382 e. The van der Waals surface area contributed by atoms with Gasteiger partial charge >= 0.3 is 0 Å². The molecule has 0 heterocycles. The second-order valence-electron chi connectivity index (χ2n) is 6.45. The quantitative estimate of drug-likeness (QED) is 0.869. The number of benzene rings is 1. The first-order valence-electron chi connectivity index (χ1n) is 8.17. The van der Waals surface area contributed by atoms with Gasteiger partial charge in [0.2, 0.25) is 5.91 Å². The Morgan fingerprint density at radius 2 is 1.95 bits per heavy atom. The van der Waals surface area contributed by atoms with Crippen molar-refractivity contribution >= 4 is 11.6 Å². The van der Waals surface area contributed by atoms with Crippen LogP contribution in [-0.4, -0.2) is 19.0 Å². The number of para-hydroxylation sites is 1. The van der Waals surface area contributed by atoms with Gasteiger partial charge in [0, 0.05) is 18.8 Å². The fourth-order valence-corrected chi connectivity index (χ4v) is 3.41. The Balaban J connectivity index is 2.12. The molecule has 3 nitrogen and oxygen atoms in total. The predicted molar refractivity (Wildman–Crippen MR) is 88.4 cm³/mol. The highest BCUT2D eigenvalue weighted by Crippen LogP contribution is 2.33. The van der Waals surface area contributed by atoms with E-state index in [1.165, 1.54) is 25.7 Å².